The zero-order chi connectivity index (χ0) is 13.7. The summed E-state index contributed by atoms with van der Waals surface area (Å²) in [7, 11) is 1.35. The van der Waals surface area contributed by atoms with Gasteiger partial charge in [0.1, 0.15) is 12.4 Å². The summed E-state index contributed by atoms with van der Waals surface area (Å²) in [6.07, 6.45) is 1.12. The van der Waals surface area contributed by atoms with Crippen LogP contribution in [0.15, 0.2) is 18.2 Å². The predicted octanol–water partition coefficient (Wildman–Crippen LogP) is 2.02. The molecule has 0 amide bonds. The van der Waals surface area contributed by atoms with Crippen LogP contribution < -0.4 is 10.1 Å². The summed E-state index contributed by atoms with van der Waals surface area (Å²) >= 11 is 0. The van der Waals surface area contributed by atoms with Crippen molar-refractivity contribution < 1.29 is 19.1 Å². The first-order valence-electron chi connectivity index (χ1n) is 6.31. The fourth-order valence-electron chi connectivity index (χ4n) is 1.95. The predicted molar refractivity (Wildman–Crippen MR) is 70.6 cm³/mol. The van der Waals surface area contributed by atoms with Crippen LogP contribution in [0.4, 0.5) is 5.69 Å². The van der Waals surface area contributed by atoms with Gasteiger partial charge in [0.25, 0.3) is 0 Å². The maximum Gasteiger partial charge on any atom is 0.305 e. The van der Waals surface area contributed by atoms with E-state index >= 15 is 0 Å². The Hall–Kier alpha value is -2.04. The molecule has 0 bridgehead atoms. The number of hydrogen-bond donors (Lipinski definition) is 1. The van der Waals surface area contributed by atoms with Crippen LogP contribution in [0.1, 0.15) is 29.6 Å². The number of ether oxygens (including phenoxy) is 2. The number of benzene rings is 1. The molecule has 102 valence electrons. The summed E-state index contributed by atoms with van der Waals surface area (Å²) in [5.74, 6) is 0.518. The van der Waals surface area contributed by atoms with Crippen LogP contribution in [0, 0.1) is 0 Å². The quantitative estimate of drug-likeness (QED) is 0.650. The summed E-state index contributed by atoms with van der Waals surface area (Å²) in [4.78, 5) is 22.9. The number of ketones is 1. The maximum absolute atomic E-state index is 12.0. The van der Waals surface area contributed by atoms with Crippen molar-refractivity contribution in [2.24, 2.45) is 0 Å². The van der Waals surface area contributed by atoms with Gasteiger partial charge in [0.2, 0.25) is 0 Å². The number of esters is 1. The van der Waals surface area contributed by atoms with Gasteiger partial charge in [0, 0.05) is 24.9 Å². The third-order valence-corrected chi connectivity index (χ3v) is 2.99. The van der Waals surface area contributed by atoms with E-state index in [1.54, 1.807) is 18.2 Å². The second-order valence-electron chi connectivity index (χ2n) is 4.34. The van der Waals surface area contributed by atoms with Crippen LogP contribution >= 0.6 is 0 Å². The van der Waals surface area contributed by atoms with Crippen LogP contribution in [0.3, 0.4) is 0 Å². The van der Waals surface area contributed by atoms with Gasteiger partial charge in [0.05, 0.1) is 12.8 Å². The van der Waals surface area contributed by atoms with Gasteiger partial charge in [0.15, 0.2) is 5.78 Å². The van der Waals surface area contributed by atoms with Gasteiger partial charge in [-0.05, 0) is 24.6 Å². The Balaban J connectivity index is 1.94. The topological polar surface area (TPSA) is 64.6 Å². The summed E-state index contributed by atoms with van der Waals surface area (Å²) in [5.41, 5.74) is 1.49. The Morgan fingerprint density at radius 1 is 1.37 bits per heavy atom. The Morgan fingerprint density at radius 3 is 3.00 bits per heavy atom. The van der Waals surface area contributed by atoms with E-state index in [4.69, 9.17) is 4.74 Å². The molecule has 1 heterocycles. The molecule has 2 rings (SSSR count). The number of carbonyl (C=O) groups excluding carboxylic acids is 2. The minimum atomic E-state index is -0.284. The summed E-state index contributed by atoms with van der Waals surface area (Å²) in [6, 6.07) is 5.36. The van der Waals surface area contributed by atoms with Gasteiger partial charge in [-0.15, -0.1) is 0 Å². The van der Waals surface area contributed by atoms with Crippen molar-refractivity contribution in [2.45, 2.75) is 19.3 Å². The SMILES string of the molecule is COC(=O)CCCC(=O)c1ccc2c(c1)NCCO2. The van der Waals surface area contributed by atoms with E-state index in [1.165, 1.54) is 7.11 Å². The molecule has 1 N–H and O–H groups in total. The van der Waals surface area contributed by atoms with Crippen molar-refractivity contribution in [1.82, 2.24) is 0 Å². The van der Waals surface area contributed by atoms with Gasteiger partial charge in [-0.1, -0.05) is 0 Å². The Morgan fingerprint density at radius 2 is 2.21 bits per heavy atom. The molecule has 19 heavy (non-hydrogen) atoms. The fourth-order valence-corrected chi connectivity index (χ4v) is 1.95. The molecule has 1 aliphatic heterocycles. The minimum Gasteiger partial charge on any atom is -0.490 e. The molecule has 1 aromatic carbocycles. The molecule has 5 heteroatoms. The molecular weight excluding hydrogens is 246 g/mol. The van der Waals surface area contributed by atoms with Crippen LogP contribution in [-0.4, -0.2) is 32.0 Å². The number of nitrogens with one attached hydrogen (secondary N) is 1. The van der Waals surface area contributed by atoms with Crippen molar-refractivity contribution in [2.75, 3.05) is 25.6 Å². The highest BCUT2D eigenvalue weighted by atomic mass is 16.5. The molecule has 0 fully saturated rings. The van der Waals surface area contributed by atoms with Crippen LogP contribution in [0.2, 0.25) is 0 Å². The Labute approximate surface area is 111 Å². The van der Waals surface area contributed by atoms with E-state index < -0.39 is 0 Å². The average Bonchev–Trinajstić information content (AvgIpc) is 2.46. The van der Waals surface area contributed by atoms with Crippen LogP contribution in [0.25, 0.3) is 0 Å². The lowest BCUT2D eigenvalue weighted by Crippen LogP contribution is -2.18. The van der Waals surface area contributed by atoms with Crippen LogP contribution in [-0.2, 0) is 9.53 Å². The molecule has 1 aliphatic rings. The molecule has 0 spiro atoms. The molecular formula is C14H17NO4. The summed E-state index contributed by atoms with van der Waals surface area (Å²) in [5, 5.41) is 3.19. The third-order valence-electron chi connectivity index (χ3n) is 2.99. The third kappa shape index (κ3) is 3.47. The van der Waals surface area contributed by atoms with E-state index in [1.807, 2.05) is 0 Å². The molecule has 0 unspecified atom stereocenters. The first-order chi connectivity index (χ1) is 9.20. The lowest BCUT2D eigenvalue weighted by atomic mass is 10.0. The van der Waals surface area contributed by atoms with Gasteiger partial charge >= 0.3 is 5.97 Å². The first-order valence-corrected chi connectivity index (χ1v) is 6.31. The van der Waals surface area contributed by atoms with Gasteiger partial charge in [-0.2, -0.15) is 0 Å². The minimum absolute atomic E-state index is 0.0269. The van der Waals surface area contributed by atoms with Crippen molar-refractivity contribution in [1.29, 1.82) is 0 Å². The number of rotatable bonds is 5. The number of hydrogen-bond acceptors (Lipinski definition) is 5. The van der Waals surface area contributed by atoms with Crippen LogP contribution in [0.5, 0.6) is 5.75 Å². The maximum atomic E-state index is 12.0. The zero-order valence-electron chi connectivity index (χ0n) is 10.9. The van der Waals surface area contributed by atoms with E-state index in [-0.39, 0.29) is 18.2 Å². The van der Waals surface area contributed by atoms with Gasteiger partial charge in [-0.3, -0.25) is 9.59 Å². The Bertz CT molecular complexity index is 484. The standard InChI is InChI=1S/C14H17NO4/c1-18-14(17)4-2-3-12(16)10-5-6-13-11(9-10)15-7-8-19-13/h5-6,9,15H,2-4,7-8H2,1H3. The second kappa shape index (κ2) is 6.22. The zero-order valence-corrected chi connectivity index (χ0v) is 10.9. The molecule has 5 nitrogen and oxygen atoms in total. The highest BCUT2D eigenvalue weighted by molar-refractivity contribution is 5.97. The normalized spacial score (nSPS) is 12.9. The van der Waals surface area contributed by atoms with Crippen molar-refractivity contribution in [3.63, 3.8) is 0 Å². The Kier molecular flexibility index (Phi) is 4.39. The molecule has 0 aliphatic carbocycles. The van der Waals surface area contributed by atoms with E-state index in [0.717, 1.165) is 18.0 Å². The van der Waals surface area contributed by atoms with Crippen molar-refractivity contribution in [3.05, 3.63) is 23.8 Å². The fraction of sp³-hybridized carbons (Fsp3) is 0.429. The first kappa shape index (κ1) is 13.4. The molecule has 0 saturated heterocycles. The largest absolute Gasteiger partial charge is 0.490 e. The van der Waals surface area contributed by atoms with E-state index in [9.17, 15) is 9.59 Å². The molecule has 0 radical (unpaired) electrons. The number of Topliss-reactive ketones (excluding diaryl/α,β-unsaturated/α-hetero) is 1. The number of methoxy groups -OCH3 is 1. The lowest BCUT2D eigenvalue weighted by Gasteiger charge is -2.19. The highest BCUT2D eigenvalue weighted by Crippen LogP contribution is 2.28. The lowest BCUT2D eigenvalue weighted by molar-refractivity contribution is -0.140. The smallest absolute Gasteiger partial charge is 0.305 e. The van der Waals surface area contributed by atoms with Gasteiger partial charge in [-0.25, -0.2) is 0 Å². The number of carbonyl (C=O) groups is 2. The summed E-state index contributed by atoms with van der Waals surface area (Å²) in [6.45, 7) is 1.38. The molecule has 0 aromatic heterocycles. The highest BCUT2D eigenvalue weighted by Gasteiger charge is 2.13. The van der Waals surface area contributed by atoms with E-state index in [2.05, 4.69) is 10.1 Å². The molecule has 0 saturated carbocycles. The van der Waals surface area contributed by atoms with E-state index in [0.29, 0.717) is 25.0 Å². The van der Waals surface area contributed by atoms with Crippen molar-refractivity contribution >= 4 is 17.4 Å². The molecule has 0 atom stereocenters. The molecule has 1 aromatic rings. The van der Waals surface area contributed by atoms with Gasteiger partial charge < -0.3 is 14.8 Å². The summed E-state index contributed by atoms with van der Waals surface area (Å²) < 4.78 is 9.99. The average molecular weight is 263 g/mol. The monoisotopic (exact) mass is 263 g/mol. The number of fused-ring (bicyclic) bond motifs is 1. The second-order valence-corrected chi connectivity index (χ2v) is 4.34. The van der Waals surface area contributed by atoms with Crippen molar-refractivity contribution in [3.8, 4) is 5.75 Å². The number of anilines is 1.